The van der Waals surface area contributed by atoms with Crippen molar-refractivity contribution in [1.82, 2.24) is 10.2 Å². The van der Waals surface area contributed by atoms with E-state index in [1.165, 1.54) is 49.7 Å². The fraction of sp³-hybridized carbons (Fsp3) is 0.667. The molecule has 3 fully saturated rings. The van der Waals surface area contributed by atoms with E-state index in [1.807, 2.05) is 0 Å². The highest BCUT2D eigenvalue weighted by atomic mass is 35.5. The summed E-state index contributed by atoms with van der Waals surface area (Å²) in [5, 5.41) is 3.52. The maximum Gasteiger partial charge on any atom is 0.226 e. The van der Waals surface area contributed by atoms with Gasteiger partial charge in [0.2, 0.25) is 5.91 Å². The third-order valence-corrected chi connectivity index (χ3v) is 7.46. The minimum atomic E-state index is 0. The smallest absolute Gasteiger partial charge is 0.226 e. The van der Waals surface area contributed by atoms with E-state index in [2.05, 4.69) is 34.5 Å². The number of hydrogen-bond acceptors (Lipinski definition) is 2. The molecular weight excluding hydrogens is 332 g/mol. The number of halogens is 1. The van der Waals surface area contributed by atoms with Crippen LogP contribution in [0.1, 0.15) is 49.7 Å². The van der Waals surface area contributed by atoms with Crippen molar-refractivity contribution in [2.45, 2.75) is 50.4 Å². The molecule has 2 saturated heterocycles. The van der Waals surface area contributed by atoms with Crippen molar-refractivity contribution in [2.75, 3.05) is 26.2 Å². The number of carbonyl (C=O) groups excluding carboxylic acids is 1. The monoisotopic (exact) mass is 360 g/mol. The Labute approximate surface area is 157 Å². The van der Waals surface area contributed by atoms with Crippen LogP contribution >= 0.6 is 12.4 Å². The summed E-state index contributed by atoms with van der Waals surface area (Å²) in [7, 11) is 0. The molecule has 1 amide bonds. The Balaban J connectivity index is 0.00000157. The van der Waals surface area contributed by atoms with Gasteiger partial charge < -0.3 is 10.2 Å². The van der Waals surface area contributed by atoms with Crippen molar-refractivity contribution >= 4 is 18.3 Å². The average molecular weight is 361 g/mol. The Morgan fingerprint density at radius 2 is 1.92 bits per heavy atom. The lowest BCUT2D eigenvalue weighted by atomic mass is 9.77. The van der Waals surface area contributed by atoms with Gasteiger partial charge in [0, 0.05) is 31.0 Å². The maximum atomic E-state index is 13.2. The number of piperidine rings is 1. The van der Waals surface area contributed by atoms with Crippen molar-refractivity contribution in [3.63, 3.8) is 0 Å². The molecule has 2 heterocycles. The third-order valence-electron chi connectivity index (χ3n) is 7.46. The van der Waals surface area contributed by atoms with Gasteiger partial charge in [-0.2, -0.15) is 0 Å². The van der Waals surface area contributed by atoms with Crippen LogP contribution in [0.5, 0.6) is 0 Å². The number of likely N-dealkylation sites (tertiary alicyclic amines) is 1. The molecule has 0 aromatic heterocycles. The normalized spacial score (nSPS) is 32.3. The zero-order valence-electron chi connectivity index (χ0n) is 14.9. The minimum Gasteiger partial charge on any atom is -0.342 e. The van der Waals surface area contributed by atoms with E-state index in [4.69, 9.17) is 0 Å². The molecule has 4 heteroatoms. The number of rotatable bonds is 1. The number of aryl methyl sites for hydroxylation is 1. The number of hydrogen-bond donors (Lipinski definition) is 1. The SMILES string of the molecule is Cl.O=C(C1CC12CCCc1ccccc12)N1CCC2(CCNC2)CC1. The van der Waals surface area contributed by atoms with E-state index in [1.54, 1.807) is 0 Å². The summed E-state index contributed by atoms with van der Waals surface area (Å²) in [4.78, 5) is 15.4. The number of benzene rings is 1. The molecule has 1 N–H and O–H groups in total. The quantitative estimate of drug-likeness (QED) is 0.833. The van der Waals surface area contributed by atoms with Gasteiger partial charge in [-0.15, -0.1) is 12.4 Å². The molecule has 2 aliphatic heterocycles. The van der Waals surface area contributed by atoms with Gasteiger partial charge >= 0.3 is 0 Å². The summed E-state index contributed by atoms with van der Waals surface area (Å²) in [6, 6.07) is 8.87. The fourth-order valence-electron chi connectivity index (χ4n) is 5.80. The van der Waals surface area contributed by atoms with E-state index in [-0.39, 0.29) is 23.7 Å². The maximum absolute atomic E-state index is 13.2. The van der Waals surface area contributed by atoms with E-state index in [9.17, 15) is 4.79 Å². The van der Waals surface area contributed by atoms with Crippen molar-refractivity contribution in [2.24, 2.45) is 11.3 Å². The summed E-state index contributed by atoms with van der Waals surface area (Å²) in [6.07, 6.45) is 8.43. The summed E-state index contributed by atoms with van der Waals surface area (Å²) in [5.74, 6) is 0.710. The second-order valence-electron chi connectivity index (χ2n) is 8.68. The molecular formula is C21H29ClN2O. The Kier molecular flexibility index (Phi) is 4.36. The van der Waals surface area contributed by atoms with E-state index in [0.29, 0.717) is 11.3 Å². The minimum absolute atomic E-state index is 0. The van der Waals surface area contributed by atoms with Gasteiger partial charge in [-0.25, -0.2) is 0 Å². The molecule has 0 bridgehead atoms. The molecule has 2 aliphatic carbocycles. The molecule has 0 radical (unpaired) electrons. The van der Waals surface area contributed by atoms with Crippen molar-refractivity contribution in [1.29, 1.82) is 0 Å². The Hall–Kier alpha value is -1.06. The summed E-state index contributed by atoms with van der Waals surface area (Å²) >= 11 is 0. The molecule has 1 aromatic carbocycles. The van der Waals surface area contributed by atoms with Crippen molar-refractivity contribution < 1.29 is 4.79 Å². The predicted molar refractivity (Wildman–Crippen MR) is 102 cm³/mol. The zero-order valence-corrected chi connectivity index (χ0v) is 15.7. The summed E-state index contributed by atoms with van der Waals surface area (Å²) < 4.78 is 0. The molecule has 4 aliphatic rings. The Bertz CT molecular complexity index is 660. The lowest BCUT2D eigenvalue weighted by molar-refractivity contribution is -0.135. The standard InChI is InChI=1S/C21H28N2O.ClH/c24-19(23-12-9-20(10-13-23)8-11-22-15-20)18-14-21(18)7-3-5-16-4-1-2-6-17(16)21;/h1-2,4,6,18,22H,3,5,7-15H2;1H. The molecule has 136 valence electrons. The van der Waals surface area contributed by atoms with Gasteiger partial charge in [-0.1, -0.05) is 24.3 Å². The van der Waals surface area contributed by atoms with Gasteiger partial charge in [0.25, 0.3) is 0 Å². The Morgan fingerprint density at radius 3 is 2.68 bits per heavy atom. The number of amides is 1. The molecule has 3 nitrogen and oxygen atoms in total. The van der Waals surface area contributed by atoms with Crippen LogP contribution in [0, 0.1) is 11.3 Å². The first-order valence-corrected chi connectivity index (χ1v) is 9.81. The first-order valence-electron chi connectivity index (χ1n) is 9.81. The highest BCUT2D eigenvalue weighted by Crippen LogP contribution is 2.61. The highest BCUT2D eigenvalue weighted by Gasteiger charge is 2.61. The van der Waals surface area contributed by atoms with Crippen LogP contribution < -0.4 is 5.32 Å². The Morgan fingerprint density at radius 1 is 1.12 bits per heavy atom. The van der Waals surface area contributed by atoms with Crippen LogP contribution in [0.15, 0.2) is 24.3 Å². The average Bonchev–Trinajstić information content (AvgIpc) is 3.16. The topological polar surface area (TPSA) is 32.3 Å². The lowest BCUT2D eigenvalue weighted by Crippen LogP contribution is -2.45. The molecule has 2 atom stereocenters. The molecule has 1 aromatic rings. The largest absolute Gasteiger partial charge is 0.342 e. The fourth-order valence-corrected chi connectivity index (χ4v) is 5.80. The third kappa shape index (κ3) is 2.71. The number of fused-ring (bicyclic) bond motifs is 2. The molecule has 5 rings (SSSR count). The second kappa shape index (κ2) is 6.28. The van der Waals surface area contributed by atoms with Crippen LogP contribution in [-0.4, -0.2) is 37.0 Å². The molecule has 1 saturated carbocycles. The van der Waals surface area contributed by atoms with Crippen LogP contribution in [0.2, 0.25) is 0 Å². The van der Waals surface area contributed by atoms with Gasteiger partial charge in [0.1, 0.15) is 0 Å². The summed E-state index contributed by atoms with van der Waals surface area (Å²) in [6.45, 7) is 4.29. The van der Waals surface area contributed by atoms with Crippen LogP contribution in [-0.2, 0) is 16.6 Å². The van der Waals surface area contributed by atoms with Gasteiger partial charge in [-0.05, 0) is 68.0 Å². The van der Waals surface area contributed by atoms with Crippen LogP contribution in [0.25, 0.3) is 0 Å². The van der Waals surface area contributed by atoms with E-state index >= 15 is 0 Å². The van der Waals surface area contributed by atoms with Crippen molar-refractivity contribution in [3.8, 4) is 0 Å². The predicted octanol–water partition coefficient (Wildman–Crippen LogP) is 3.30. The van der Waals surface area contributed by atoms with E-state index < -0.39 is 0 Å². The van der Waals surface area contributed by atoms with Crippen molar-refractivity contribution in [3.05, 3.63) is 35.4 Å². The van der Waals surface area contributed by atoms with Crippen LogP contribution in [0.3, 0.4) is 0 Å². The number of nitrogens with one attached hydrogen (secondary N) is 1. The van der Waals surface area contributed by atoms with Gasteiger partial charge in [0.05, 0.1) is 0 Å². The second-order valence-corrected chi connectivity index (χ2v) is 8.68. The molecule has 2 spiro atoms. The van der Waals surface area contributed by atoms with Gasteiger partial charge in [0.15, 0.2) is 0 Å². The number of carbonyl (C=O) groups is 1. The summed E-state index contributed by atoms with van der Waals surface area (Å²) in [5.41, 5.74) is 3.67. The zero-order chi connectivity index (χ0) is 16.2. The van der Waals surface area contributed by atoms with Gasteiger partial charge in [-0.3, -0.25) is 4.79 Å². The number of nitrogens with zero attached hydrogens (tertiary/aromatic N) is 1. The first kappa shape index (κ1) is 17.4. The van der Waals surface area contributed by atoms with E-state index in [0.717, 1.165) is 32.6 Å². The molecule has 25 heavy (non-hydrogen) atoms. The van der Waals surface area contributed by atoms with Crippen LogP contribution in [0.4, 0.5) is 0 Å². The molecule has 2 unspecified atom stereocenters. The first-order chi connectivity index (χ1) is 11.7. The lowest BCUT2D eigenvalue weighted by Gasteiger charge is -2.39. The highest BCUT2D eigenvalue weighted by molar-refractivity contribution is 5.85.